The van der Waals surface area contributed by atoms with Crippen molar-refractivity contribution in [3.8, 4) is 5.75 Å². The summed E-state index contributed by atoms with van der Waals surface area (Å²) in [5.41, 5.74) is 0.817. The zero-order valence-electron chi connectivity index (χ0n) is 13.7. The number of anilines is 2. The topological polar surface area (TPSA) is 58.6 Å². The summed E-state index contributed by atoms with van der Waals surface area (Å²) in [5.74, 6) is -0.747. The second-order valence-corrected chi connectivity index (χ2v) is 6.95. The van der Waals surface area contributed by atoms with Gasteiger partial charge in [-0.2, -0.15) is 0 Å². The van der Waals surface area contributed by atoms with Gasteiger partial charge in [-0.3, -0.25) is 0 Å². The fourth-order valence-electron chi connectivity index (χ4n) is 2.22. The highest BCUT2D eigenvalue weighted by Crippen LogP contribution is 2.40. The number of rotatable bonds is 3. The number of nitrogens with zero attached hydrogens (tertiary/aromatic N) is 1. The van der Waals surface area contributed by atoms with Crippen molar-refractivity contribution < 1.29 is 19.0 Å². The van der Waals surface area contributed by atoms with Crippen LogP contribution in [-0.2, 0) is 10.0 Å². The number of benzene rings is 2. The SMILES string of the molecule is CCCNC.O=S1(=O)COc2cc(F)ccc2N1c1ccccc1.[HH]. The molecule has 2 aromatic carbocycles. The third-order valence-electron chi connectivity index (χ3n) is 3.27. The van der Waals surface area contributed by atoms with E-state index in [1.54, 1.807) is 30.3 Å². The highest BCUT2D eigenvalue weighted by atomic mass is 32.2. The molecule has 0 radical (unpaired) electrons. The number of ether oxygens (including phenoxy) is 1. The Morgan fingerprint density at radius 2 is 1.96 bits per heavy atom. The molecular weight excluding hydrogens is 331 g/mol. The lowest BCUT2D eigenvalue weighted by Crippen LogP contribution is -2.34. The fourth-order valence-corrected chi connectivity index (χ4v) is 3.50. The molecule has 0 saturated carbocycles. The number of sulfonamides is 1. The molecule has 7 heteroatoms. The van der Waals surface area contributed by atoms with Crippen LogP contribution in [-0.4, -0.2) is 27.9 Å². The normalized spacial score (nSPS) is 14.9. The first-order valence-corrected chi connectivity index (χ1v) is 9.25. The predicted octanol–water partition coefficient (Wildman–Crippen LogP) is 3.51. The Bertz CT molecular complexity index is 771. The van der Waals surface area contributed by atoms with Gasteiger partial charge in [0.25, 0.3) is 10.0 Å². The van der Waals surface area contributed by atoms with E-state index in [4.69, 9.17) is 4.74 Å². The summed E-state index contributed by atoms with van der Waals surface area (Å²) >= 11 is 0. The molecule has 0 amide bonds. The van der Waals surface area contributed by atoms with E-state index in [2.05, 4.69) is 12.2 Å². The molecule has 0 atom stereocenters. The summed E-state index contributed by atoms with van der Waals surface area (Å²) < 4.78 is 43.7. The minimum absolute atomic E-state index is 0. The van der Waals surface area contributed by atoms with E-state index < -0.39 is 21.8 Å². The Morgan fingerprint density at radius 1 is 1.25 bits per heavy atom. The van der Waals surface area contributed by atoms with E-state index in [0.29, 0.717) is 11.4 Å². The maximum atomic E-state index is 13.2. The van der Waals surface area contributed by atoms with Gasteiger partial charge < -0.3 is 10.1 Å². The molecule has 1 heterocycles. The van der Waals surface area contributed by atoms with E-state index in [0.717, 1.165) is 6.54 Å². The van der Waals surface area contributed by atoms with Crippen LogP contribution in [0.25, 0.3) is 0 Å². The number of fused-ring (bicyclic) bond motifs is 1. The van der Waals surface area contributed by atoms with Crippen LogP contribution in [0.2, 0.25) is 0 Å². The maximum absolute atomic E-state index is 13.2. The highest BCUT2D eigenvalue weighted by molar-refractivity contribution is 7.93. The van der Waals surface area contributed by atoms with Gasteiger partial charge in [0.2, 0.25) is 5.94 Å². The predicted molar refractivity (Wildman–Crippen MR) is 95.7 cm³/mol. The Hall–Kier alpha value is -2.12. The lowest BCUT2D eigenvalue weighted by Gasteiger charge is -2.30. The first kappa shape index (κ1) is 18.2. The first-order valence-electron chi connectivity index (χ1n) is 7.64. The largest absolute Gasteiger partial charge is 0.473 e. The Balaban J connectivity index is 0.000000462. The summed E-state index contributed by atoms with van der Waals surface area (Å²) in [6.45, 7) is 3.29. The van der Waals surface area contributed by atoms with Crippen LogP contribution >= 0.6 is 0 Å². The molecular formula is C17H23FN2O3S. The molecule has 0 unspecified atom stereocenters. The van der Waals surface area contributed by atoms with Crippen LogP contribution in [0, 0.1) is 5.82 Å². The molecule has 3 rings (SSSR count). The third-order valence-corrected chi connectivity index (χ3v) is 4.65. The van der Waals surface area contributed by atoms with E-state index in [1.165, 1.54) is 28.9 Å². The van der Waals surface area contributed by atoms with Gasteiger partial charge >= 0.3 is 0 Å². The Morgan fingerprint density at radius 3 is 2.54 bits per heavy atom. The van der Waals surface area contributed by atoms with Gasteiger partial charge in [-0.15, -0.1) is 0 Å². The van der Waals surface area contributed by atoms with Crippen molar-refractivity contribution in [2.75, 3.05) is 23.8 Å². The van der Waals surface area contributed by atoms with E-state index in [9.17, 15) is 12.8 Å². The molecule has 0 aromatic heterocycles. The number of halogens is 1. The molecule has 2 aromatic rings. The van der Waals surface area contributed by atoms with Crippen LogP contribution in [0.15, 0.2) is 48.5 Å². The number of para-hydroxylation sites is 1. The zero-order chi connectivity index (χ0) is 17.6. The summed E-state index contributed by atoms with van der Waals surface area (Å²) in [6.07, 6.45) is 1.23. The molecule has 0 spiro atoms. The van der Waals surface area contributed by atoms with Crippen LogP contribution < -0.4 is 14.4 Å². The minimum Gasteiger partial charge on any atom is -0.473 e. The zero-order valence-corrected chi connectivity index (χ0v) is 14.5. The van der Waals surface area contributed by atoms with Crippen LogP contribution in [0.1, 0.15) is 14.8 Å². The number of hydrogen-bond acceptors (Lipinski definition) is 4. The number of nitrogens with one attached hydrogen (secondary N) is 1. The Labute approximate surface area is 143 Å². The lowest BCUT2D eigenvalue weighted by molar-refractivity contribution is 0.368. The summed E-state index contributed by atoms with van der Waals surface area (Å²) in [7, 11) is -1.65. The molecule has 1 aliphatic rings. The standard InChI is InChI=1S/C13H10FNO3S.C4H11N.H2/c14-10-6-7-12-13(8-10)18-9-19(16,17)15(12)11-4-2-1-3-5-11;1-3-4-5-2;/h1-8H,9H2;5H,3-4H2,1-2H3;1H. The van der Waals surface area contributed by atoms with Crippen molar-refractivity contribution in [2.24, 2.45) is 0 Å². The number of hydrogen-bond donors (Lipinski definition) is 1. The maximum Gasteiger partial charge on any atom is 0.275 e. The molecule has 1 aliphatic heterocycles. The lowest BCUT2D eigenvalue weighted by atomic mass is 10.2. The van der Waals surface area contributed by atoms with Crippen molar-refractivity contribution in [1.82, 2.24) is 5.32 Å². The summed E-state index contributed by atoms with van der Waals surface area (Å²) in [4.78, 5) is 0. The van der Waals surface area contributed by atoms with Crippen molar-refractivity contribution in [2.45, 2.75) is 13.3 Å². The molecule has 1 N–H and O–H groups in total. The molecule has 5 nitrogen and oxygen atoms in total. The first-order chi connectivity index (χ1) is 11.5. The van der Waals surface area contributed by atoms with Crippen molar-refractivity contribution in [3.05, 3.63) is 54.3 Å². The molecule has 0 bridgehead atoms. The summed E-state index contributed by atoms with van der Waals surface area (Å²) in [5, 5.41) is 3.02. The average molecular weight is 354 g/mol. The van der Waals surface area contributed by atoms with Gasteiger partial charge in [0.15, 0.2) is 0 Å². The second-order valence-electron chi connectivity index (χ2n) is 5.19. The molecule has 0 aliphatic carbocycles. The van der Waals surface area contributed by atoms with Gasteiger partial charge in [0, 0.05) is 7.49 Å². The fraction of sp³-hybridized carbons (Fsp3) is 0.294. The van der Waals surface area contributed by atoms with Crippen molar-refractivity contribution in [1.29, 1.82) is 0 Å². The molecule has 0 saturated heterocycles. The monoisotopic (exact) mass is 354 g/mol. The molecule has 24 heavy (non-hydrogen) atoms. The van der Waals surface area contributed by atoms with Crippen LogP contribution in [0.5, 0.6) is 5.75 Å². The average Bonchev–Trinajstić information content (AvgIpc) is 2.57. The second kappa shape index (κ2) is 8.12. The van der Waals surface area contributed by atoms with E-state index in [1.807, 2.05) is 7.05 Å². The van der Waals surface area contributed by atoms with Gasteiger partial charge in [-0.1, -0.05) is 25.1 Å². The van der Waals surface area contributed by atoms with E-state index in [-0.39, 0.29) is 7.18 Å². The van der Waals surface area contributed by atoms with Gasteiger partial charge in [0.05, 0.1) is 11.4 Å². The Kier molecular flexibility index (Phi) is 6.16. The van der Waals surface area contributed by atoms with Gasteiger partial charge in [-0.05, 0) is 44.3 Å². The smallest absolute Gasteiger partial charge is 0.275 e. The molecule has 0 fully saturated rings. The third kappa shape index (κ3) is 4.24. The van der Waals surface area contributed by atoms with Crippen LogP contribution in [0.4, 0.5) is 15.8 Å². The molecule has 132 valence electrons. The van der Waals surface area contributed by atoms with Crippen molar-refractivity contribution in [3.63, 3.8) is 0 Å². The summed E-state index contributed by atoms with van der Waals surface area (Å²) in [6, 6.07) is 12.4. The van der Waals surface area contributed by atoms with Gasteiger partial charge in [-0.25, -0.2) is 17.1 Å². The van der Waals surface area contributed by atoms with Gasteiger partial charge in [0.1, 0.15) is 11.6 Å². The highest BCUT2D eigenvalue weighted by Gasteiger charge is 2.32. The minimum atomic E-state index is -3.61. The van der Waals surface area contributed by atoms with Crippen LogP contribution in [0.3, 0.4) is 0 Å². The van der Waals surface area contributed by atoms with E-state index >= 15 is 0 Å². The van der Waals surface area contributed by atoms with Crippen molar-refractivity contribution >= 4 is 21.4 Å². The quantitative estimate of drug-likeness (QED) is 0.916.